The Morgan fingerprint density at radius 1 is 1.06 bits per heavy atom. The minimum Gasteiger partial charge on any atom is -0.355 e. The number of amides is 1. The number of nitrogens with one attached hydrogen (secondary N) is 1. The number of benzene rings is 3. The standard InChI is InChI=1S/C26H22N4O/c1-3-18-5-4-6-22(15-18)30(2)26(31)20-8-10-21(11-9-20)29-25-13-14-28-24-12-7-19(17-27)16-23(24)25/h4-16H,3H2,1-2H3,(H,28,29). The molecule has 31 heavy (non-hydrogen) atoms. The fraction of sp³-hybridized carbons (Fsp3) is 0.115. The number of anilines is 3. The van der Waals surface area contributed by atoms with Crippen molar-refractivity contribution in [3.63, 3.8) is 0 Å². The number of fused-ring (bicyclic) bond motifs is 1. The molecule has 152 valence electrons. The molecule has 4 aromatic rings. The number of pyridine rings is 1. The smallest absolute Gasteiger partial charge is 0.258 e. The first-order chi connectivity index (χ1) is 15.1. The average Bonchev–Trinajstić information content (AvgIpc) is 2.83. The topological polar surface area (TPSA) is 69.0 Å². The molecule has 1 aromatic heterocycles. The van der Waals surface area contributed by atoms with E-state index in [1.165, 1.54) is 5.56 Å². The summed E-state index contributed by atoms with van der Waals surface area (Å²) in [5.41, 5.74) is 5.79. The highest BCUT2D eigenvalue weighted by Gasteiger charge is 2.14. The predicted molar refractivity (Wildman–Crippen MR) is 125 cm³/mol. The summed E-state index contributed by atoms with van der Waals surface area (Å²) < 4.78 is 0. The highest BCUT2D eigenvalue weighted by atomic mass is 16.2. The first-order valence-electron chi connectivity index (χ1n) is 10.1. The maximum Gasteiger partial charge on any atom is 0.258 e. The number of nitrogens with zero attached hydrogens (tertiary/aromatic N) is 3. The quantitative estimate of drug-likeness (QED) is 0.462. The molecule has 5 nitrogen and oxygen atoms in total. The molecule has 0 saturated carbocycles. The van der Waals surface area contributed by atoms with Crippen molar-refractivity contribution in [3.8, 4) is 6.07 Å². The van der Waals surface area contributed by atoms with Crippen molar-refractivity contribution in [2.45, 2.75) is 13.3 Å². The number of carbonyl (C=O) groups is 1. The number of aromatic nitrogens is 1. The van der Waals surface area contributed by atoms with Gasteiger partial charge in [-0.2, -0.15) is 5.26 Å². The maximum absolute atomic E-state index is 12.9. The van der Waals surface area contributed by atoms with Crippen molar-refractivity contribution in [2.24, 2.45) is 0 Å². The largest absolute Gasteiger partial charge is 0.355 e. The number of carbonyl (C=O) groups excluding carboxylic acids is 1. The molecule has 0 aliphatic rings. The normalized spacial score (nSPS) is 10.5. The van der Waals surface area contributed by atoms with E-state index >= 15 is 0 Å². The molecule has 0 saturated heterocycles. The summed E-state index contributed by atoms with van der Waals surface area (Å²) in [6, 6.07) is 24.9. The van der Waals surface area contributed by atoms with Gasteiger partial charge in [0.1, 0.15) is 0 Å². The molecule has 4 rings (SSSR count). The van der Waals surface area contributed by atoms with Crippen molar-refractivity contribution >= 4 is 33.9 Å². The zero-order valence-electron chi connectivity index (χ0n) is 17.5. The zero-order valence-corrected chi connectivity index (χ0v) is 17.5. The first kappa shape index (κ1) is 20.1. The van der Waals surface area contributed by atoms with Crippen LogP contribution in [-0.4, -0.2) is 17.9 Å². The van der Waals surface area contributed by atoms with E-state index in [1.807, 2.05) is 60.7 Å². The minimum absolute atomic E-state index is 0.0622. The Kier molecular flexibility index (Phi) is 5.63. The van der Waals surface area contributed by atoms with Gasteiger partial charge in [-0.1, -0.05) is 19.1 Å². The van der Waals surface area contributed by atoms with E-state index in [0.29, 0.717) is 11.1 Å². The second kappa shape index (κ2) is 8.68. The molecule has 0 fully saturated rings. The third-order valence-electron chi connectivity index (χ3n) is 5.29. The Bertz CT molecular complexity index is 1290. The van der Waals surface area contributed by atoms with Gasteiger partial charge < -0.3 is 10.2 Å². The van der Waals surface area contributed by atoms with E-state index in [-0.39, 0.29) is 5.91 Å². The molecule has 5 heteroatoms. The first-order valence-corrected chi connectivity index (χ1v) is 10.1. The summed E-state index contributed by atoms with van der Waals surface area (Å²) in [5, 5.41) is 13.4. The third-order valence-corrected chi connectivity index (χ3v) is 5.29. The lowest BCUT2D eigenvalue weighted by molar-refractivity contribution is 0.0993. The molecule has 1 amide bonds. The molecule has 0 bridgehead atoms. The van der Waals surface area contributed by atoms with Crippen LogP contribution in [0, 0.1) is 11.3 Å². The van der Waals surface area contributed by atoms with E-state index in [1.54, 1.807) is 24.2 Å². The van der Waals surface area contributed by atoms with Gasteiger partial charge in [-0.25, -0.2) is 0 Å². The average molecular weight is 406 g/mol. The van der Waals surface area contributed by atoms with E-state index in [4.69, 9.17) is 0 Å². The van der Waals surface area contributed by atoms with Gasteiger partial charge in [0.2, 0.25) is 0 Å². The van der Waals surface area contributed by atoms with E-state index in [0.717, 1.165) is 34.4 Å². The molecule has 0 spiro atoms. The second-order valence-corrected chi connectivity index (χ2v) is 7.29. The van der Waals surface area contributed by atoms with Crippen LogP contribution in [-0.2, 0) is 6.42 Å². The summed E-state index contributed by atoms with van der Waals surface area (Å²) >= 11 is 0. The lowest BCUT2D eigenvalue weighted by atomic mass is 10.1. The van der Waals surface area contributed by atoms with Crippen molar-refractivity contribution in [3.05, 3.63) is 95.7 Å². The zero-order chi connectivity index (χ0) is 21.8. The Labute approximate surface area is 181 Å². The summed E-state index contributed by atoms with van der Waals surface area (Å²) in [6.07, 6.45) is 2.66. The van der Waals surface area contributed by atoms with E-state index < -0.39 is 0 Å². The molecule has 1 N–H and O–H groups in total. The minimum atomic E-state index is -0.0622. The van der Waals surface area contributed by atoms with Gasteiger partial charge in [0.15, 0.2) is 0 Å². The SMILES string of the molecule is CCc1cccc(N(C)C(=O)c2ccc(Nc3ccnc4ccc(C#N)cc34)cc2)c1. The predicted octanol–water partition coefficient (Wildman–Crippen LogP) is 5.69. The van der Waals surface area contributed by atoms with Gasteiger partial charge in [0.05, 0.1) is 17.1 Å². The maximum atomic E-state index is 12.9. The summed E-state index contributed by atoms with van der Waals surface area (Å²) in [7, 11) is 1.79. The van der Waals surface area contributed by atoms with Crippen molar-refractivity contribution in [2.75, 3.05) is 17.3 Å². The van der Waals surface area contributed by atoms with Crippen molar-refractivity contribution < 1.29 is 4.79 Å². The molecular formula is C26H22N4O. The van der Waals surface area contributed by atoms with Crippen LogP contribution in [0.3, 0.4) is 0 Å². The Balaban J connectivity index is 1.55. The molecule has 0 aliphatic heterocycles. The highest BCUT2D eigenvalue weighted by molar-refractivity contribution is 6.06. The Morgan fingerprint density at radius 2 is 1.87 bits per heavy atom. The van der Waals surface area contributed by atoms with Crippen LogP contribution in [0.4, 0.5) is 17.1 Å². The second-order valence-electron chi connectivity index (χ2n) is 7.29. The molecule has 0 atom stereocenters. The van der Waals surface area contributed by atoms with Crippen LogP contribution in [0.5, 0.6) is 0 Å². The van der Waals surface area contributed by atoms with Crippen molar-refractivity contribution in [1.82, 2.24) is 4.98 Å². The van der Waals surface area contributed by atoms with Gasteiger partial charge in [0, 0.05) is 41.3 Å². The van der Waals surface area contributed by atoms with Gasteiger partial charge >= 0.3 is 0 Å². The van der Waals surface area contributed by atoms with E-state index in [9.17, 15) is 10.1 Å². The Hall–Kier alpha value is -4.17. The molecular weight excluding hydrogens is 384 g/mol. The van der Waals surface area contributed by atoms with Crippen LogP contribution in [0.2, 0.25) is 0 Å². The van der Waals surface area contributed by atoms with Gasteiger partial charge in [-0.3, -0.25) is 9.78 Å². The highest BCUT2D eigenvalue weighted by Crippen LogP contribution is 2.26. The molecule has 0 aliphatic carbocycles. The van der Waals surface area contributed by atoms with Crippen LogP contribution in [0.25, 0.3) is 10.9 Å². The van der Waals surface area contributed by atoms with E-state index in [2.05, 4.69) is 29.4 Å². The van der Waals surface area contributed by atoms with Crippen LogP contribution in [0.1, 0.15) is 28.4 Å². The van der Waals surface area contributed by atoms with Gasteiger partial charge in [-0.05, 0) is 72.6 Å². The van der Waals surface area contributed by atoms with Crippen LogP contribution >= 0.6 is 0 Å². The fourth-order valence-corrected chi connectivity index (χ4v) is 3.47. The number of hydrogen-bond donors (Lipinski definition) is 1. The van der Waals surface area contributed by atoms with Crippen LogP contribution < -0.4 is 10.2 Å². The third kappa shape index (κ3) is 4.24. The number of rotatable bonds is 5. The summed E-state index contributed by atoms with van der Waals surface area (Å²) in [5.74, 6) is -0.0622. The summed E-state index contributed by atoms with van der Waals surface area (Å²) in [6.45, 7) is 2.10. The molecule has 0 unspecified atom stereocenters. The molecule has 1 heterocycles. The molecule has 0 radical (unpaired) electrons. The molecule has 3 aromatic carbocycles. The fourth-order valence-electron chi connectivity index (χ4n) is 3.47. The van der Waals surface area contributed by atoms with Gasteiger partial charge in [0.25, 0.3) is 5.91 Å². The lowest BCUT2D eigenvalue weighted by Gasteiger charge is -2.18. The van der Waals surface area contributed by atoms with Crippen molar-refractivity contribution in [1.29, 1.82) is 5.26 Å². The van der Waals surface area contributed by atoms with Gasteiger partial charge in [-0.15, -0.1) is 0 Å². The number of aryl methyl sites for hydroxylation is 1. The monoisotopic (exact) mass is 406 g/mol. The lowest BCUT2D eigenvalue weighted by Crippen LogP contribution is -2.26. The van der Waals surface area contributed by atoms with Crippen LogP contribution in [0.15, 0.2) is 79.0 Å². The number of nitriles is 1. The Morgan fingerprint density at radius 3 is 2.61 bits per heavy atom. The summed E-state index contributed by atoms with van der Waals surface area (Å²) in [4.78, 5) is 19.0. The number of hydrogen-bond acceptors (Lipinski definition) is 4.